The zero-order chi connectivity index (χ0) is 13.2. The average Bonchev–Trinajstić information content (AvgIpc) is 3.09. The number of benzene rings is 1. The lowest BCUT2D eigenvalue weighted by atomic mass is 10.1. The monoisotopic (exact) mass is 254 g/mol. The molecule has 0 aliphatic heterocycles. The smallest absolute Gasteiger partial charge is 0.251 e. The number of amides is 1. The summed E-state index contributed by atoms with van der Waals surface area (Å²) in [6, 6.07) is 7.51. The molecule has 0 aliphatic rings. The fourth-order valence-electron chi connectivity index (χ4n) is 2.05. The second kappa shape index (κ2) is 4.61. The van der Waals surface area contributed by atoms with E-state index >= 15 is 0 Å². The van der Waals surface area contributed by atoms with Gasteiger partial charge in [0.05, 0.1) is 12.2 Å². The molecule has 3 rings (SSSR count). The first-order valence-electron chi connectivity index (χ1n) is 6.11. The van der Waals surface area contributed by atoms with Crippen LogP contribution >= 0.6 is 0 Å². The summed E-state index contributed by atoms with van der Waals surface area (Å²) >= 11 is 0. The molecule has 1 atom stereocenters. The van der Waals surface area contributed by atoms with Gasteiger partial charge in [-0.2, -0.15) is 5.10 Å². The SMILES string of the molecule is CC(NC(=O)c1ccc2cc[nH]c2c1)c1cn[nH]c1. The van der Waals surface area contributed by atoms with Gasteiger partial charge in [0.2, 0.25) is 0 Å². The molecular weight excluding hydrogens is 240 g/mol. The minimum Gasteiger partial charge on any atom is -0.361 e. The summed E-state index contributed by atoms with van der Waals surface area (Å²) in [5.74, 6) is -0.0924. The van der Waals surface area contributed by atoms with E-state index in [0.717, 1.165) is 16.5 Å². The van der Waals surface area contributed by atoms with Crippen LogP contribution in [0.4, 0.5) is 0 Å². The van der Waals surface area contributed by atoms with E-state index in [1.807, 2.05) is 37.4 Å². The van der Waals surface area contributed by atoms with Gasteiger partial charge in [-0.15, -0.1) is 0 Å². The van der Waals surface area contributed by atoms with Crippen LogP contribution in [0.2, 0.25) is 0 Å². The Kier molecular flexibility index (Phi) is 2.79. The third-order valence-electron chi connectivity index (χ3n) is 3.18. The molecule has 1 aromatic carbocycles. The number of rotatable bonds is 3. The average molecular weight is 254 g/mol. The van der Waals surface area contributed by atoms with Gasteiger partial charge in [0.15, 0.2) is 0 Å². The van der Waals surface area contributed by atoms with Crippen LogP contribution in [0, 0.1) is 0 Å². The van der Waals surface area contributed by atoms with Gasteiger partial charge in [-0.1, -0.05) is 6.07 Å². The van der Waals surface area contributed by atoms with Gasteiger partial charge in [-0.05, 0) is 30.5 Å². The lowest BCUT2D eigenvalue weighted by Gasteiger charge is -2.12. The van der Waals surface area contributed by atoms with Crippen LogP contribution in [0.5, 0.6) is 0 Å². The zero-order valence-electron chi connectivity index (χ0n) is 10.5. The second-order valence-electron chi connectivity index (χ2n) is 4.51. The Morgan fingerprint density at radius 1 is 1.37 bits per heavy atom. The molecule has 3 N–H and O–H groups in total. The molecule has 0 fully saturated rings. The Hall–Kier alpha value is -2.56. The molecule has 5 nitrogen and oxygen atoms in total. The number of H-pyrrole nitrogens is 2. The van der Waals surface area contributed by atoms with Crippen molar-refractivity contribution in [2.45, 2.75) is 13.0 Å². The molecule has 5 heteroatoms. The quantitative estimate of drug-likeness (QED) is 0.671. The first-order chi connectivity index (χ1) is 9.24. The van der Waals surface area contributed by atoms with E-state index in [4.69, 9.17) is 0 Å². The fraction of sp³-hybridized carbons (Fsp3) is 0.143. The minimum absolute atomic E-state index is 0.0782. The van der Waals surface area contributed by atoms with Crippen molar-refractivity contribution in [3.63, 3.8) is 0 Å². The van der Waals surface area contributed by atoms with Gasteiger partial charge in [0.25, 0.3) is 5.91 Å². The topological polar surface area (TPSA) is 73.6 Å². The maximum atomic E-state index is 12.2. The van der Waals surface area contributed by atoms with Crippen molar-refractivity contribution in [1.29, 1.82) is 0 Å². The number of fused-ring (bicyclic) bond motifs is 1. The molecule has 0 spiro atoms. The van der Waals surface area contributed by atoms with E-state index in [1.54, 1.807) is 12.4 Å². The molecule has 0 radical (unpaired) electrons. The van der Waals surface area contributed by atoms with Crippen molar-refractivity contribution >= 4 is 16.8 Å². The van der Waals surface area contributed by atoms with Crippen molar-refractivity contribution < 1.29 is 4.79 Å². The van der Waals surface area contributed by atoms with Crippen LogP contribution < -0.4 is 5.32 Å². The van der Waals surface area contributed by atoms with Gasteiger partial charge in [0.1, 0.15) is 0 Å². The van der Waals surface area contributed by atoms with Gasteiger partial charge in [0, 0.05) is 29.0 Å². The summed E-state index contributed by atoms with van der Waals surface area (Å²) in [6.07, 6.45) is 5.35. The second-order valence-corrected chi connectivity index (χ2v) is 4.51. The van der Waals surface area contributed by atoms with Gasteiger partial charge < -0.3 is 10.3 Å². The first-order valence-corrected chi connectivity index (χ1v) is 6.11. The van der Waals surface area contributed by atoms with Crippen LogP contribution in [0.25, 0.3) is 10.9 Å². The molecular formula is C14H14N4O. The predicted octanol–water partition coefficient (Wildman–Crippen LogP) is 2.38. The van der Waals surface area contributed by atoms with Gasteiger partial charge >= 0.3 is 0 Å². The number of hydrogen-bond acceptors (Lipinski definition) is 2. The summed E-state index contributed by atoms with van der Waals surface area (Å²) in [4.78, 5) is 15.3. The number of aromatic nitrogens is 3. The van der Waals surface area contributed by atoms with Crippen LogP contribution in [-0.4, -0.2) is 21.1 Å². The first kappa shape index (κ1) is 11.5. The van der Waals surface area contributed by atoms with E-state index in [2.05, 4.69) is 20.5 Å². The van der Waals surface area contributed by atoms with Gasteiger partial charge in [-0.25, -0.2) is 0 Å². The molecule has 0 saturated carbocycles. The minimum atomic E-state index is -0.0924. The molecule has 19 heavy (non-hydrogen) atoms. The maximum Gasteiger partial charge on any atom is 0.251 e. The third-order valence-corrected chi connectivity index (χ3v) is 3.18. The number of hydrogen-bond donors (Lipinski definition) is 3. The molecule has 3 aromatic rings. The van der Waals surface area contributed by atoms with Crippen LogP contribution in [-0.2, 0) is 0 Å². The van der Waals surface area contributed by atoms with Crippen molar-refractivity contribution in [1.82, 2.24) is 20.5 Å². The largest absolute Gasteiger partial charge is 0.361 e. The Morgan fingerprint density at radius 2 is 2.26 bits per heavy atom. The van der Waals surface area contributed by atoms with E-state index in [0.29, 0.717) is 5.56 Å². The Bertz CT molecular complexity index is 699. The number of aromatic amines is 2. The highest BCUT2D eigenvalue weighted by molar-refractivity contribution is 5.98. The van der Waals surface area contributed by atoms with Crippen molar-refractivity contribution in [3.05, 3.63) is 54.0 Å². The van der Waals surface area contributed by atoms with E-state index in [9.17, 15) is 4.79 Å². The van der Waals surface area contributed by atoms with Crippen LogP contribution in [0.1, 0.15) is 28.9 Å². The maximum absolute atomic E-state index is 12.2. The lowest BCUT2D eigenvalue weighted by molar-refractivity contribution is 0.0940. The summed E-state index contributed by atoms with van der Waals surface area (Å²) in [6.45, 7) is 1.93. The molecule has 0 aliphatic carbocycles. The number of nitrogens with zero attached hydrogens (tertiary/aromatic N) is 1. The molecule has 1 unspecified atom stereocenters. The van der Waals surface area contributed by atoms with Crippen molar-refractivity contribution in [3.8, 4) is 0 Å². The zero-order valence-corrected chi connectivity index (χ0v) is 10.5. The highest BCUT2D eigenvalue weighted by Crippen LogP contribution is 2.15. The summed E-state index contributed by atoms with van der Waals surface area (Å²) in [5.41, 5.74) is 2.56. The Balaban J connectivity index is 1.79. The summed E-state index contributed by atoms with van der Waals surface area (Å²) < 4.78 is 0. The molecule has 96 valence electrons. The van der Waals surface area contributed by atoms with E-state index < -0.39 is 0 Å². The van der Waals surface area contributed by atoms with Crippen molar-refractivity contribution in [2.24, 2.45) is 0 Å². The number of carbonyl (C=O) groups is 1. The summed E-state index contributed by atoms with van der Waals surface area (Å²) in [5, 5.41) is 10.7. The van der Waals surface area contributed by atoms with E-state index in [1.165, 1.54) is 0 Å². The normalized spacial score (nSPS) is 12.5. The molecule has 0 saturated heterocycles. The third kappa shape index (κ3) is 2.22. The van der Waals surface area contributed by atoms with E-state index in [-0.39, 0.29) is 11.9 Å². The fourth-order valence-corrected chi connectivity index (χ4v) is 2.05. The standard InChI is InChI=1S/C14H14N4O/c1-9(12-7-16-17-8-12)18-14(19)11-3-2-10-4-5-15-13(10)6-11/h2-9,15H,1H3,(H,16,17)(H,18,19). The highest BCUT2D eigenvalue weighted by atomic mass is 16.1. The molecule has 2 heterocycles. The summed E-state index contributed by atoms with van der Waals surface area (Å²) in [7, 11) is 0. The van der Waals surface area contributed by atoms with Gasteiger partial charge in [-0.3, -0.25) is 9.89 Å². The molecule has 1 amide bonds. The van der Waals surface area contributed by atoms with Crippen LogP contribution in [0.15, 0.2) is 42.9 Å². The Morgan fingerprint density at radius 3 is 3.05 bits per heavy atom. The molecule has 2 aromatic heterocycles. The lowest BCUT2D eigenvalue weighted by Crippen LogP contribution is -2.26. The highest BCUT2D eigenvalue weighted by Gasteiger charge is 2.12. The number of nitrogens with one attached hydrogen (secondary N) is 3. The number of carbonyl (C=O) groups excluding carboxylic acids is 1. The Labute approximate surface area is 110 Å². The van der Waals surface area contributed by atoms with Crippen molar-refractivity contribution in [2.75, 3.05) is 0 Å². The van der Waals surface area contributed by atoms with Crippen LogP contribution in [0.3, 0.4) is 0 Å². The molecule has 0 bridgehead atoms. The predicted molar refractivity (Wildman–Crippen MR) is 72.8 cm³/mol.